The van der Waals surface area contributed by atoms with Crippen LogP contribution in [0.25, 0.3) is 10.9 Å². The van der Waals surface area contributed by atoms with Gasteiger partial charge >= 0.3 is 5.69 Å². The van der Waals surface area contributed by atoms with Crippen LogP contribution in [0.2, 0.25) is 0 Å². The van der Waals surface area contributed by atoms with Gasteiger partial charge in [0.15, 0.2) is 0 Å². The molecular formula is C20H21N3O3. The number of aryl methyl sites for hydroxylation is 2. The molecule has 0 aliphatic heterocycles. The Morgan fingerprint density at radius 1 is 1.12 bits per heavy atom. The normalized spacial score (nSPS) is 12.1. The van der Waals surface area contributed by atoms with Crippen molar-refractivity contribution in [2.45, 2.75) is 32.9 Å². The van der Waals surface area contributed by atoms with Gasteiger partial charge < -0.3 is 5.32 Å². The van der Waals surface area contributed by atoms with Crippen LogP contribution in [0.4, 0.5) is 0 Å². The Kier molecular flexibility index (Phi) is 5.02. The number of aromatic nitrogens is 2. The van der Waals surface area contributed by atoms with E-state index >= 15 is 0 Å². The first-order valence-electron chi connectivity index (χ1n) is 8.54. The molecule has 0 aliphatic carbocycles. The van der Waals surface area contributed by atoms with Crippen LogP contribution in [0.5, 0.6) is 0 Å². The number of hydrogen-bond donors (Lipinski definition) is 2. The van der Waals surface area contributed by atoms with Crippen molar-refractivity contribution in [3.05, 3.63) is 80.5 Å². The highest BCUT2D eigenvalue weighted by atomic mass is 16.2. The first-order valence-corrected chi connectivity index (χ1v) is 8.54. The third-order valence-corrected chi connectivity index (χ3v) is 4.50. The van der Waals surface area contributed by atoms with E-state index in [0.29, 0.717) is 10.9 Å². The maximum absolute atomic E-state index is 12.3. The van der Waals surface area contributed by atoms with Crippen molar-refractivity contribution in [3.63, 3.8) is 0 Å². The second-order valence-electron chi connectivity index (χ2n) is 6.32. The van der Waals surface area contributed by atoms with Gasteiger partial charge in [-0.15, -0.1) is 0 Å². The highest BCUT2D eigenvalue weighted by molar-refractivity contribution is 5.79. The molecule has 0 fully saturated rings. The van der Waals surface area contributed by atoms with Gasteiger partial charge in [0.05, 0.1) is 16.9 Å². The lowest BCUT2D eigenvalue weighted by Crippen LogP contribution is -2.33. The average molecular weight is 351 g/mol. The van der Waals surface area contributed by atoms with Gasteiger partial charge in [0.2, 0.25) is 5.91 Å². The van der Waals surface area contributed by atoms with E-state index < -0.39 is 11.2 Å². The number of nitrogens with one attached hydrogen (secondary N) is 2. The monoisotopic (exact) mass is 351 g/mol. The number of nitrogens with zero attached hydrogens (tertiary/aromatic N) is 1. The predicted octanol–water partition coefficient (Wildman–Crippen LogP) is 2.27. The molecule has 0 spiro atoms. The van der Waals surface area contributed by atoms with Crippen LogP contribution >= 0.6 is 0 Å². The van der Waals surface area contributed by atoms with Gasteiger partial charge in [-0.25, -0.2) is 4.79 Å². The molecule has 1 amide bonds. The third kappa shape index (κ3) is 3.59. The van der Waals surface area contributed by atoms with Crippen molar-refractivity contribution in [3.8, 4) is 0 Å². The predicted molar refractivity (Wildman–Crippen MR) is 101 cm³/mol. The number of carbonyl (C=O) groups excluding carboxylic acids is 1. The van der Waals surface area contributed by atoms with Crippen molar-refractivity contribution < 1.29 is 4.79 Å². The van der Waals surface area contributed by atoms with Gasteiger partial charge in [0, 0.05) is 13.0 Å². The van der Waals surface area contributed by atoms with Gasteiger partial charge in [0.1, 0.15) is 0 Å². The van der Waals surface area contributed by atoms with E-state index in [1.54, 1.807) is 24.3 Å². The number of fused-ring (bicyclic) bond motifs is 1. The Labute approximate surface area is 150 Å². The summed E-state index contributed by atoms with van der Waals surface area (Å²) in [6.07, 6.45) is 0.145. The molecule has 2 aromatic carbocycles. The van der Waals surface area contributed by atoms with Crippen LogP contribution in [-0.4, -0.2) is 15.5 Å². The fourth-order valence-electron chi connectivity index (χ4n) is 3.14. The smallest absolute Gasteiger partial charge is 0.328 e. The minimum atomic E-state index is -0.506. The molecule has 1 atom stereocenters. The highest BCUT2D eigenvalue weighted by Crippen LogP contribution is 2.16. The summed E-state index contributed by atoms with van der Waals surface area (Å²) >= 11 is 0. The number of amides is 1. The Morgan fingerprint density at radius 2 is 1.81 bits per heavy atom. The molecule has 26 heavy (non-hydrogen) atoms. The van der Waals surface area contributed by atoms with Gasteiger partial charge in [-0.1, -0.05) is 36.4 Å². The van der Waals surface area contributed by atoms with Crippen molar-refractivity contribution in [1.29, 1.82) is 0 Å². The Bertz CT molecular complexity index is 1070. The Morgan fingerprint density at radius 3 is 2.58 bits per heavy atom. The number of hydrogen-bond acceptors (Lipinski definition) is 3. The molecule has 1 aromatic heterocycles. The molecule has 6 nitrogen and oxygen atoms in total. The molecule has 134 valence electrons. The summed E-state index contributed by atoms with van der Waals surface area (Å²) in [7, 11) is 0. The van der Waals surface area contributed by atoms with E-state index in [4.69, 9.17) is 0 Å². The van der Waals surface area contributed by atoms with E-state index in [9.17, 15) is 14.4 Å². The largest absolute Gasteiger partial charge is 0.350 e. The zero-order chi connectivity index (χ0) is 18.7. The van der Waals surface area contributed by atoms with Crippen LogP contribution < -0.4 is 16.6 Å². The second kappa shape index (κ2) is 7.39. The van der Waals surface area contributed by atoms with E-state index in [-0.39, 0.29) is 24.9 Å². The van der Waals surface area contributed by atoms with Gasteiger partial charge in [-0.2, -0.15) is 0 Å². The highest BCUT2D eigenvalue weighted by Gasteiger charge is 2.13. The number of benzene rings is 2. The molecule has 2 N–H and O–H groups in total. The molecule has 0 bridgehead atoms. The summed E-state index contributed by atoms with van der Waals surface area (Å²) in [6, 6.07) is 14.6. The number of aromatic amines is 1. The molecule has 1 unspecified atom stereocenters. The quantitative estimate of drug-likeness (QED) is 0.739. The molecule has 0 radical (unpaired) electrons. The van der Waals surface area contributed by atoms with Crippen LogP contribution in [0.3, 0.4) is 0 Å². The molecule has 0 saturated carbocycles. The second-order valence-corrected chi connectivity index (χ2v) is 6.32. The van der Waals surface area contributed by atoms with Crippen molar-refractivity contribution in [2.24, 2.45) is 0 Å². The maximum atomic E-state index is 12.3. The average Bonchev–Trinajstić information content (AvgIpc) is 2.61. The number of carbonyl (C=O) groups is 1. The van der Waals surface area contributed by atoms with E-state index in [2.05, 4.69) is 10.3 Å². The van der Waals surface area contributed by atoms with E-state index in [1.807, 2.05) is 38.1 Å². The Hall–Kier alpha value is -3.15. The topological polar surface area (TPSA) is 84.0 Å². The van der Waals surface area contributed by atoms with Crippen LogP contribution in [0.15, 0.2) is 58.1 Å². The van der Waals surface area contributed by atoms with Crippen molar-refractivity contribution in [2.75, 3.05) is 0 Å². The maximum Gasteiger partial charge on any atom is 0.328 e. The van der Waals surface area contributed by atoms with E-state index in [1.165, 1.54) is 4.57 Å². The molecule has 1 heterocycles. The number of H-pyrrole nitrogens is 1. The molecule has 0 aliphatic rings. The summed E-state index contributed by atoms with van der Waals surface area (Å²) < 4.78 is 1.43. The van der Waals surface area contributed by atoms with Crippen LogP contribution in [-0.2, 0) is 11.3 Å². The van der Waals surface area contributed by atoms with Crippen LogP contribution in [0, 0.1) is 6.92 Å². The van der Waals surface area contributed by atoms with Crippen LogP contribution in [0.1, 0.15) is 30.5 Å². The lowest BCUT2D eigenvalue weighted by Gasteiger charge is -2.17. The fourth-order valence-corrected chi connectivity index (χ4v) is 3.14. The first kappa shape index (κ1) is 17.7. The molecule has 0 saturated heterocycles. The minimum absolute atomic E-state index is 0.118. The summed E-state index contributed by atoms with van der Waals surface area (Å²) in [5.74, 6) is -0.150. The molecular weight excluding hydrogens is 330 g/mol. The summed E-state index contributed by atoms with van der Waals surface area (Å²) in [4.78, 5) is 38.6. The fraction of sp³-hybridized carbons (Fsp3) is 0.250. The lowest BCUT2D eigenvalue weighted by atomic mass is 10.0. The standard InChI is InChI=1S/C20H21N3O3/c1-13-7-3-4-8-15(13)14(2)21-18(24)11-12-23-17-10-6-5-9-16(17)19(25)22-20(23)26/h3-10,14H,11-12H2,1-2H3,(H,21,24)(H,22,25,26). The van der Waals surface area contributed by atoms with Gasteiger partial charge in [-0.05, 0) is 37.1 Å². The van der Waals surface area contributed by atoms with E-state index in [0.717, 1.165) is 11.1 Å². The minimum Gasteiger partial charge on any atom is -0.350 e. The number of para-hydroxylation sites is 1. The van der Waals surface area contributed by atoms with Crippen molar-refractivity contribution in [1.82, 2.24) is 14.9 Å². The molecule has 3 aromatic rings. The third-order valence-electron chi connectivity index (χ3n) is 4.50. The van der Waals surface area contributed by atoms with Gasteiger partial charge in [0.25, 0.3) is 5.56 Å². The molecule has 6 heteroatoms. The molecule has 3 rings (SSSR count). The number of rotatable bonds is 5. The van der Waals surface area contributed by atoms with Crippen molar-refractivity contribution >= 4 is 16.8 Å². The summed E-state index contributed by atoms with van der Waals surface area (Å²) in [5.41, 5.74) is 1.78. The zero-order valence-corrected chi connectivity index (χ0v) is 14.8. The summed E-state index contributed by atoms with van der Waals surface area (Å²) in [6.45, 7) is 4.13. The Balaban J connectivity index is 1.75. The van der Waals surface area contributed by atoms with Gasteiger partial charge in [-0.3, -0.25) is 19.1 Å². The SMILES string of the molecule is Cc1ccccc1C(C)NC(=O)CCn1c(=O)[nH]c(=O)c2ccccc21. The first-order chi connectivity index (χ1) is 12.5. The lowest BCUT2D eigenvalue weighted by molar-refractivity contribution is -0.121. The zero-order valence-electron chi connectivity index (χ0n) is 14.8. The summed E-state index contributed by atoms with van der Waals surface area (Å²) in [5, 5.41) is 3.39.